The zero-order valence-electron chi connectivity index (χ0n) is 17.7. The molecule has 1 heterocycles. The van der Waals surface area contributed by atoms with Gasteiger partial charge in [0.25, 0.3) is 0 Å². The van der Waals surface area contributed by atoms with Crippen LogP contribution in [-0.2, 0) is 4.74 Å². The molecule has 150 valence electrons. The number of halogens is 1. The lowest BCUT2D eigenvalue weighted by molar-refractivity contribution is 0.236. The van der Waals surface area contributed by atoms with E-state index in [1.165, 1.54) is 89.9 Å². The summed E-state index contributed by atoms with van der Waals surface area (Å²) in [5, 5.41) is 0. The van der Waals surface area contributed by atoms with E-state index in [0.717, 1.165) is 12.8 Å². The summed E-state index contributed by atoms with van der Waals surface area (Å²) < 4.78 is 6.08. The highest BCUT2D eigenvalue weighted by molar-refractivity contribution is 6.24. The topological polar surface area (TPSA) is 12.5 Å². The van der Waals surface area contributed by atoms with Gasteiger partial charge in [-0.3, -0.25) is 0 Å². The third-order valence-electron chi connectivity index (χ3n) is 6.01. The van der Waals surface area contributed by atoms with E-state index in [-0.39, 0.29) is 10.5 Å². The van der Waals surface area contributed by atoms with E-state index in [9.17, 15) is 0 Å². The normalized spacial score (nSPS) is 23.2. The summed E-state index contributed by atoms with van der Waals surface area (Å²) >= 11 is 6.59. The van der Waals surface area contributed by atoms with Gasteiger partial charge in [-0.2, -0.15) is 0 Å². The van der Waals surface area contributed by atoms with E-state index in [2.05, 4.69) is 27.7 Å². The second-order valence-corrected chi connectivity index (χ2v) is 9.69. The maximum atomic E-state index is 6.59. The molecule has 0 amide bonds. The quantitative estimate of drug-likeness (QED) is 0.142. The second kappa shape index (κ2) is 12.6. The van der Waals surface area contributed by atoms with Crippen LogP contribution in [0, 0.1) is 0 Å². The minimum atomic E-state index is -0.232. The number of ether oxygens (including phenoxy) is 1. The summed E-state index contributed by atoms with van der Waals surface area (Å²) in [5.41, 5.74) is -0.0412. The molecule has 1 rings (SSSR count). The maximum Gasteiger partial charge on any atom is 0.113 e. The largest absolute Gasteiger partial charge is 0.364 e. The van der Waals surface area contributed by atoms with E-state index >= 15 is 0 Å². The molecule has 1 fully saturated rings. The molecule has 0 spiro atoms. The standard InChI is InChI=1S/C23H45ClO/c1-5-7-8-9-10-11-12-13-14-15-16-17-18-19-21-23(25-21,20-6-2)22(3,4)24/h21H,5-20H2,1-4H3. The Balaban J connectivity index is 1.90. The molecular formula is C23H45ClO. The van der Waals surface area contributed by atoms with Crippen molar-refractivity contribution in [3.8, 4) is 0 Å². The highest BCUT2D eigenvalue weighted by Gasteiger charge is 2.63. The lowest BCUT2D eigenvalue weighted by atomic mass is 9.85. The molecule has 0 bridgehead atoms. The van der Waals surface area contributed by atoms with Gasteiger partial charge in [0, 0.05) is 0 Å². The highest BCUT2D eigenvalue weighted by Crippen LogP contribution is 2.53. The SMILES string of the molecule is CCCCCCCCCCCCCCCC1OC1(CCC)C(C)(C)Cl. The molecule has 0 N–H and O–H groups in total. The van der Waals surface area contributed by atoms with E-state index in [0.29, 0.717) is 6.10 Å². The van der Waals surface area contributed by atoms with Crippen LogP contribution < -0.4 is 0 Å². The van der Waals surface area contributed by atoms with Crippen molar-refractivity contribution in [3.63, 3.8) is 0 Å². The van der Waals surface area contributed by atoms with Crippen molar-refractivity contribution in [2.24, 2.45) is 0 Å². The average molecular weight is 373 g/mol. The third-order valence-corrected chi connectivity index (χ3v) is 6.33. The Morgan fingerprint density at radius 2 is 1.16 bits per heavy atom. The Bertz CT molecular complexity index is 323. The molecule has 2 unspecified atom stereocenters. The number of rotatable bonds is 17. The smallest absolute Gasteiger partial charge is 0.113 e. The van der Waals surface area contributed by atoms with Gasteiger partial charge in [0.15, 0.2) is 0 Å². The van der Waals surface area contributed by atoms with E-state index in [1.54, 1.807) is 0 Å². The van der Waals surface area contributed by atoms with Crippen molar-refractivity contribution >= 4 is 11.6 Å². The highest BCUT2D eigenvalue weighted by atomic mass is 35.5. The first-order valence-corrected chi connectivity index (χ1v) is 11.7. The molecule has 1 nitrogen and oxygen atoms in total. The minimum Gasteiger partial charge on any atom is -0.364 e. The number of unbranched alkanes of at least 4 members (excludes halogenated alkanes) is 12. The Labute approximate surface area is 163 Å². The summed E-state index contributed by atoms with van der Waals surface area (Å²) in [5.74, 6) is 0. The van der Waals surface area contributed by atoms with Crippen LogP contribution in [0.15, 0.2) is 0 Å². The van der Waals surface area contributed by atoms with Crippen molar-refractivity contribution in [1.82, 2.24) is 0 Å². The zero-order valence-corrected chi connectivity index (χ0v) is 18.4. The summed E-state index contributed by atoms with van der Waals surface area (Å²) in [6.07, 6.45) is 22.3. The predicted octanol–water partition coefficient (Wildman–Crippen LogP) is 8.42. The van der Waals surface area contributed by atoms with Crippen LogP contribution >= 0.6 is 11.6 Å². The molecule has 1 saturated heterocycles. The molecule has 2 heteroatoms. The molecule has 0 radical (unpaired) electrons. The summed E-state index contributed by atoms with van der Waals surface area (Å²) in [6, 6.07) is 0. The van der Waals surface area contributed by atoms with E-state index < -0.39 is 0 Å². The number of hydrogen-bond acceptors (Lipinski definition) is 1. The Kier molecular flexibility index (Phi) is 11.7. The zero-order chi connectivity index (χ0) is 18.6. The fraction of sp³-hybridized carbons (Fsp3) is 1.00. The molecule has 1 aliphatic heterocycles. The molecule has 2 atom stereocenters. The van der Waals surface area contributed by atoms with Crippen LogP contribution in [0.25, 0.3) is 0 Å². The van der Waals surface area contributed by atoms with Crippen LogP contribution in [0.1, 0.15) is 130 Å². The van der Waals surface area contributed by atoms with Gasteiger partial charge in [-0.25, -0.2) is 0 Å². The van der Waals surface area contributed by atoms with Gasteiger partial charge in [-0.1, -0.05) is 104 Å². The Morgan fingerprint density at radius 1 is 0.720 bits per heavy atom. The first kappa shape index (κ1) is 23.3. The van der Waals surface area contributed by atoms with Crippen molar-refractivity contribution in [1.29, 1.82) is 0 Å². The summed E-state index contributed by atoms with van der Waals surface area (Å²) in [7, 11) is 0. The van der Waals surface area contributed by atoms with Gasteiger partial charge in [0.2, 0.25) is 0 Å². The van der Waals surface area contributed by atoms with Gasteiger partial charge >= 0.3 is 0 Å². The van der Waals surface area contributed by atoms with E-state index in [1.807, 2.05) is 0 Å². The predicted molar refractivity (Wildman–Crippen MR) is 113 cm³/mol. The van der Waals surface area contributed by atoms with Crippen LogP contribution in [-0.4, -0.2) is 16.6 Å². The Hall–Kier alpha value is 0.250. The summed E-state index contributed by atoms with van der Waals surface area (Å²) in [4.78, 5) is -0.232. The average Bonchev–Trinajstić information content (AvgIpc) is 3.26. The molecule has 0 aromatic rings. The van der Waals surface area contributed by atoms with Crippen molar-refractivity contribution in [2.45, 2.75) is 147 Å². The number of alkyl halides is 1. The fourth-order valence-electron chi connectivity index (χ4n) is 4.27. The van der Waals surface area contributed by atoms with Crippen LogP contribution in [0.4, 0.5) is 0 Å². The fourth-order valence-corrected chi connectivity index (χ4v) is 4.53. The lowest BCUT2D eigenvalue weighted by Crippen LogP contribution is -2.36. The summed E-state index contributed by atoms with van der Waals surface area (Å²) in [6.45, 7) is 8.76. The van der Waals surface area contributed by atoms with Crippen LogP contribution in [0.3, 0.4) is 0 Å². The first-order valence-electron chi connectivity index (χ1n) is 11.3. The van der Waals surface area contributed by atoms with Crippen molar-refractivity contribution in [3.05, 3.63) is 0 Å². The van der Waals surface area contributed by atoms with Gasteiger partial charge < -0.3 is 4.74 Å². The Morgan fingerprint density at radius 3 is 1.56 bits per heavy atom. The monoisotopic (exact) mass is 372 g/mol. The third kappa shape index (κ3) is 8.65. The van der Waals surface area contributed by atoms with Crippen molar-refractivity contribution in [2.75, 3.05) is 0 Å². The van der Waals surface area contributed by atoms with E-state index in [4.69, 9.17) is 16.3 Å². The van der Waals surface area contributed by atoms with Crippen LogP contribution in [0.5, 0.6) is 0 Å². The number of hydrogen-bond donors (Lipinski definition) is 0. The first-order chi connectivity index (χ1) is 12.0. The molecule has 0 aliphatic carbocycles. The molecular weight excluding hydrogens is 328 g/mol. The second-order valence-electron chi connectivity index (χ2n) is 8.75. The van der Waals surface area contributed by atoms with Crippen molar-refractivity contribution < 1.29 is 4.74 Å². The molecule has 0 aromatic heterocycles. The van der Waals surface area contributed by atoms with Crippen LogP contribution in [0.2, 0.25) is 0 Å². The molecule has 1 aliphatic rings. The van der Waals surface area contributed by atoms with Gasteiger partial charge in [0.05, 0.1) is 11.0 Å². The minimum absolute atomic E-state index is 0.0412. The number of epoxide rings is 1. The maximum absolute atomic E-state index is 6.59. The molecule has 0 saturated carbocycles. The molecule has 25 heavy (non-hydrogen) atoms. The van der Waals surface area contributed by atoms with Gasteiger partial charge in [-0.15, -0.1) is 11.6 Å². The van der Waals surface area contributed by atoms with Gasteiger partial charge in [-0.05, 0) is 26.7 Å². The molecule has 0 aromatic carbocycles. The van der Waals surface area contributed by atoms with Gasteiger partial charge in [0.1, 0.15) is 5.60 Å². The lowest BCUT2D eigenvalue weighted by Gasteiger charge is -2.25.